The van der Waals surface area contributed by atoms with Gasteiger partial charge in [0.25, 0.3) is 0 Å². The molecule has 1 aromatic carbocycles. The van der Waals surface area contributed by atoms with Crippen molar-refractivity contribution in [2.24, 2.45) is 5.92 Å². The van der Waals surface area contributed by atoms with Gasteiger partial charge in [-0.1, -0.05) is 18.5 Å². The van der Waals surface area contributed by atoms with Crippen LogP contribution in [-0.4, -0.2) is 16.2 Å². The lowest BCUT2D eigenvalue weighted by Crippen LogP contribution is -2.12. The highest BCUT2D eigenvalue weighted by molar-refractivity contribution is 6.30. The number of carboxylic acid groups (broad SMARTS) is 1. The molecular formula is C10H10ClFO3. The third kappa shape index (κ3) is 2.83. The van der Waals surface area contributed by atoms with E-state index in [4.69, 9.17) is 16.7 Å². The first kappa shape index (κ1) is 11.8. The van der Waals surface area contributed by atoms with Crippen molar-refractivity contribution in [3.8, 4) is 5.75 Å². The Morgan fingerprint density at radius 1 is 1.60 bits per heavy atom. The van der Waals surface area contributed by atoms with E-state index in [-0.39, 0.29) is 17.2 Å². The fourth-order valence-electron chi connectivity index (χ4n) is 1.16. The molecule has 1 aromatic rings. The molecular weight excluding hydrogens is 223 g/mol. The van der Waals surface area contributed by atoms with E-state index >= 15 is 0 Å². The summed E-state index contributed by atoms with van der Waals surface area (Å²) in [4.78, 5) is 10.6. The van der Waals surface area contributed by atoms with Crippen molar-refractivity contribution in [3.63, 3.8) is 0 Å². The van der Waals surface area contributed by atoms with Crippen LogP contribution in [0.15, 0.2) is 12.1 Å². The van der Waals surface area contributed by atoms with E-state index in [2.05, 4.69) is 0 Å². The Kier molecular flexibility index (Phi) is 3.52. The van der Waals surface area contributed by atoms with E-state index in [0.29, 0.717) is 5.56 Å². The monoisotopic (exact) mass is 232 g/mol. The molecule has 0 radical (unpaired) electrons. The van der Waals surface area contributed by atoms with Crippen LogP contribution in [0.5, 0.6) is 5.75 Å². The highest BCUT2D eigenvalue weighted by Gasteiger charge is 2.15. The van der Waals surface area contributed by atoms with Gasteiger partial charge in [-0.2, -0.15) is 0 Å². The molecule has 3 nitrogen and oxygen atoms in total. The largest absolute Gasteiger partial charge is 0.508 e. The van der Waals surface area contributed by atoms with Gasteiger partial charge < -0.3 is 10.2 Å². The molecule has 0 spiro atoms. The van der Waals surface area contributed by atoms with Crippen molar-refractivity contribution < 1.29 is 19.4 Å². The number of hydrogen-bond acceptors (Lipinski definition) is 2. The number of rotatable bonds is 3. The molecule has 0 amide bonds. The van der Waals surface area contributed by atoms with Crippen molar-refractivity contribution in [2.75, 3.05) is 0 Å². The molecule has 0 aromatic heterocycles. The van der Waals surface area contributed by atoms with Crippen LogP contribution >= 0.6 is 11.6 Å². The normalized spacial score (nSPS) is 12.5. The second kappa shape index (κ2) is 4.49. The molecule has 0 aliphatic carbocycles. The molecule has 1 rings (SSSR count). The lowest BCUT2D eigenvalue weighted by atomic mass is 10.0. The van der Waals surface area contributed by atoms with Crippen LogP contribution in [-0.2, 0) is 11.2 Å². The van der Waals surface area contributed by atoms with Crippen LogP contribution in [0.3, 0.4) is 0 Å². The highest BCUT2D eigenvalue weighted by Crippen LogP contribution is 2.27. The topological polar surface area (TPSA) is 57.5 Å². The second-order valence-electron chi connectivity index (χ2n) is 3.34. The van der Waals surface area contributed by atoms with Gasteiger partial charge in [-0.05, 0) is 18.1 Å². The number of benzene rings is 1. The van der Waals surface area contributed by atoms with Gasteiger partial charge >= 0.3 is 5.97 Å². The minimum Gasteiger partial charge on any atom is -0.508 e. The van der Waals surface area contributed by atoms with Crippen molar-refractivity contribution in [2.45, 2.75) is 13.3 Å². The molecule has 0 bridgehead atoms. The number of aromatic hydroxyl groups is 1. The predicted octanol–water partition coefficient (Wildman–Crippen LogP) is 2.45. The molecule has 5 heteroatoms. The minimum atomic E-state index is -0.977. The van der Waals surface area contributed by atoms with Crippen LogP contribution in [0.4, 0.5) is 4.39 Å². The maximum atomic E-state index is 12.8. The molecule has 0 saturated carbocycles. The van der Waals surface area contributed by atoms with E-state index in [1.807, 2.05) is 0 Å². The van der Waals surface area contributed by atoms with E-state index in [0.717, 1.165) is 6.07 Å². The summed E-state index contributed by atoms with van der Waals surface area (Å²) in [6.07, 6.45) is 0.112. The maximum Gasteiger partial charge on any atom is 0.306 e. The third-order valence-corrected chi connectivity index (χ3v) is 2.36. The Morgan fingerprint density at radius 3 is 2.73 bits per heavy atom. The van der Waals surface area contributed by atoms with Crippen LogP contribution in [0, 0.1) is 11.7 Å². The lowest BCUT2D eigenvalue weighted by Gasteiger charge is -2.08. The van der Waals surface area contributed by atoms with Crippen molar-refractivity contribution in [1.29, 1.82) is 0 Å². The first-order valence-corrected chi connectivity index (χ1v) is 4.69. The molecule has 2 N–H and O–H groups in total. The number of hydrogen-bond donors (Lipinski definition) is 2. The molecule has 82 valence electrons. The standard InChI is InChI=1S/C10H10ClFO3/c1-5(10(14)15)2-6-3-7(11)8(12)4-9(6)13/h3-5,13H,2H2,1H3,(H,14,15). The molecule has 1 unspecified atom stereocenters. The second-order valence-corrected chi connectivity index (χ2v) is 3.75. The summed E-state index contributed by atoms with van der Waals surface area (Å²) in [6.45, 7) is 1.50. The zero-order valence-corrected chi connectivity index (χ0v) is 8.75. The SMILES string of the molecule is CC(Cc1cc(Cl)c(F)cc1O)C(=O)O. The summed E-state index contributed by atoms with van der Waals surface area (Å²) in [7, 11) is 0. The smallest absolute Gasteiger partial charge is 0.306 e. The average molecular weight is 233 g/mol. The zero-order chi connectivity index (χ0) is 11.6. The molecule has 0 aliphatic heterocycles. The summed E-state index contributed by atoms with van der Waals surface area (Å²) in [5.74, 6) is -2.63. The Morgan fingerprint density at radius 2 is 2.20 bits per heavy atom. The number of halogens is 2. The van der Waals surface area contributed by atoms with Crippen LogP contribution in [0.25, 0.3) is 0 Å². The third-order valence-electron chi connectivity index (χ3n) is 2.07. The maximum absolute atomic E-state index is 12.8. The Bertz CT molecular complexity index is 392. The van der Waals surface area contributed by atoms with Gasteiger partial charge in [0.1, 0.15) is 11.6 Å². The Balaban J connectivity index is 2.95. The number of carboxylic acids is 1. The lowest BCUT2D eigenvalue weighted by molar-refractivity contribution is -0.141. The van der Waals surface area contributed by atoms with E-state index in [1.54, 1.807) is 0 Å². The first-order chi connectivity index (χ1) is 6.91. The Hall–Kier alpha value is -1.29. The first-order valence-electron chi connectivity index (χ1n) is 4.31. The predicted molar refractivity (Wildman–Crippen MR) is 53.6 cm³/mol. The Labute approximate surface area is 91.1 Å². The fourth-order valence-corrected chi connectivity index (χ4v) is 1.34. The van der Waals surface area contributed by atoms with Crippen molar-refractivity contribution >= 4 is 17.6 Å². The summed E-state index contributed by atoms with van der Waals surface area (Å²) in [5.41, 5.74) is 0.330. The van der Waals surface area contributed by atoms with Gasteiger partial charge in [-0.25, -0.2) is 4.39 Å². The minimum absolute atomic E-state index is 0.112. The van der Waals surface area contributed by atoms with Crippen molar-refractivity contribution in [1.82, 2.24) is 0 Å². The van der Waals surface area contributed by atoms with Gasteiger partial charge in [0, 0.05) is 6.07 Å². The summed E-state index contributed by atoms with van der Waals surface area (Å²) in [5, 5.41) is 17.9. The van der Waals surface area contributed by atoms with E-state index in [1.165, 1.54) is 13.0 Å². The number of phenolic OH excluding ortho intramolecular Hbond substituents is 1. The fraction of sp³-hybridized carbons (Fsp3) is 0.300. The number of aliphatic carboxylic acids is 1. The molecule has 0 fully saturated rings. The molecule has 15 heavy (non-hydrogen) atoms. The molecule has 1 atom stereocenters. The summed E-state index contributed by atoms with van der Waals surface area (Å²) in [6, 6.07) is 2.12. The summed E-state index contributed by atoms with van der Waals surface area (Å²) < 4.78 is 12.8. The van der Waals surface area contributed by atoms with Crippen LogP contribution in [0.1, 0.15) is 12.5 Å². The molecule has 0 heterocycles. The quantitative estimate of drug-likeness (QED) is 0.842. The van der Waals surface area contributed by atoms with Gasteiger partial charge in [-0.3, -0.25) is 4.79 Å². The molecule has 0 saturated heterocycles. The number of carbonyl (C=O) groups is 1. The van der Waals surface area contributed by atoms with Crippen LogP contribution in [0.2, 0.25) is 5.02 Å². The van der Waals surface area contributed by atoms with Gasteiger partial charge in [0.15, 0.2) is 0 Å². The summed E-state index contributed by atoms with van der Waals surface area (Å²) >= 11 is 5.52. The van der Waals surface area contributed by atoms with E-state index < -0.39 is 17.7 Å². The van der Waals surface area contributed by atoms with Crippen LogP contribution < -0.4 is 0 Å². The van der Waals surface area contributed by atoms with E-state index in [9.17, 15) is 14.3 Å². The number of phenols is 1. The van der Waals surface area contributed by atoms with Gasteiger partial charge in [-0.15, -0.1) is 0 Å². The van der Waals surface area contributed by atoms with Gasteiger partial charge in [0.05, 0.1) is 10.9 Å². The highest BCUT2D eigenvalue weighted by atomic mass is 35.5. The van der Waals surface area contributed by atoms with Gasteiger partial charge in [0.2, 0.25) is 0 Å². The van der Waals surface area contributed by atoms with Crippen molar-refractivity contribution in [3.05, 3.63) is 28.5 Å². The zero-order valence-electron chi connectivity index (χ0n) is 8.00. The average Bonchev–Trinajstić information content (AvgIpc) is 2.13. The molecule has 0 aliphatic rings.